The smallest absolute Gasteiger partial charge is 0.228 e. The van der Waals surface area contributed by atoms with Crippen LogP contribution in [0.2, 0.25) is 5.02 Å². The van der Waals surface area contributed by atoms with Crippen LogP contribution in [0, 0.1) is 5.92 Å². The predicted octanol–water partition coefficient (Wildman–Crippen LogP) is 4.97. The predicted molar refractivity (Wildman–Crippen MR) is 120 cm³/mol. The summed E-state index contributed by atoms with van der Waals surface area (Å²) in [6.07, 6.45) is 4.04. The van der Waals surface area contributed by atoms with Crippen LogP contribution in [-0.4, -0.2) is 34.6 Å². The van der Waals surface area contributed by atoms with Gasteiger partial charge >= 0.3 is 0 Å². The highest BCUT2D eigenvalue weighted by Crippen LogP contribution is 2.36. The summed E-state index contributed by atoms with van der Waals surface area (Å²) in [6, 6.07) is 7.75. The summed E-state index contributed by atoms with van der Waals surface area (Å²) in [5.74, 6) is 4.09. The maximum absolute atomic E-state index is 6.33. The molecule has 1 aromatic carbocycles. The molecule has 0 bridgehead atoms. The van der Waals surface area contributed by atoms with Crippen molar-refractivity contribution in [3.63, 3.8) is 0 Å². The molecule has 5 rings (SSSR count). The largest absolute Gasteiger partial charge is 0.467 e. The third-order valence-electron chi connectivity index (χ3n) is 5.77. The molecule has 31 heavy (non-hydrogen) atoms. The van der Waals surface area contributed by atoms with Crippen molar-refractivity contribution in [3.8, 4) is 5.75 Å². The van der Waals surface area contributed by atoms with Crippen LogP contribution in [0.25, 0.3) is 0 Å². The SMILES string of the molecule is CC1CCN(c2nnc(SCc3cc(Cl)cc4c3OCOC4)n2Cc2ccco2)CC1. The number of aromatic nitrogens is 3. The minimum atomic E-state index is 0.262. The molecule has 7 nitrogen and oxygen atoms in total. The molecule has 1 saturated heterocycles. The summed E-state index contributed by atoms with van der Waals surface area (Å²) in [5.41, 5.74) is 2.02. The summed E-state index contributed by atoms with van der Waals surface area (Å²) < 4.78 is 18.9. The Morgan fingerprint density at radius 1 is 1.23 bits per heavy atom. The van der Waals surface area contributed by atoms with Gasteiger partial charge in [-0.2, -0.15) is 0 Å². The van der Waals surface area contributed by atoms with E-state index in [0.29, 0.717) is 23.9 Å². The van der Waals surface area contributed by atoms with E-state index in [4.69, 9.17) is 25.5 Å². The van der Waals surface area contributed by atoms with E-state index in [1.54, 1.807) is 18.0 Å². The topological polar surface area (TPSA) is 65.6 Å². The fourth-order valence-corrected chi connectivity index (χ4v) is 5.20. The lowest BCUT2D eigenvalue weighted by atomic mass is 10.00. The number of anilines is 1. The number of hydrogen-bond donors (Lipinski definition) is 0. The van der Waals surface area contributed by atoms with Gasteiger partial charge in [0.15, 0.2) is 11.9 Å². The Hall–Kier alpha value is -2.16. The number of fused-ring (bicyclic) bond motifs is 1. The van der Waals surface area contributed by atoms with Gasteiger partial charge < -0.3 is 18.8 Å². The standard InChI is InChI=1S/C22H25ClN4O3S/c1-15-4-6-26(7-5-15)21-24-25-22(27(21)11-19-3-2-8-29-19)31-13-17-10-18(23)9-16-12-28-14-30-20(16)17/h2-3,8-10,15H,4-7,11-14H2,1H3. The summed E-state index contributed by atoms with van der Waals surface area (Å²) >= 11 is 7.96. The van der Waals surface area contributed by atoms with Gasteiger partial charge in [-0.05, 0) is 43.0 Å². The highest BCUT2D eigenvalue weighted by molar-refractivity contribution is 7.98. The number of furan rings is 1. The zero-order valence-electron chi connectivity index (χ0n) is 17.4. The number of thioether (sulfide) groups is 1. The van der Waals surface area contributed by atoms with Crippen LogP contribution >= 0.6 is 23.4 Å². The quantitative estimate of drug-likeness (QED) is 0.481. The Labute approximate surface area is 190 Å². The van der Waals surface area contributed by atoms with Crippen molar-refractivity contribution in [2.75, 3.05) is 24.8 Å². The second kappa shape index (κ2) is 9.14. The van der Waals surface area contributed by atoms with Crippen molar-refractivity contribution in [2.24, 2.45) is 5.92 Å². The Morgan fingerprint density at radius 3 is 2.90 bits per heavy atom. The molecule has 1 fully saturated rings. The Balaban J connectivity index is 1.41. The monoisotopic (exact) mass is 460 g/mol. The minimum absolute atomic E-state index is 0.262. The van der Waals surface area contributed by atoms with Gasteiger partial charge in [0.1, 0.15) is 11.5 Å². The minimum Gasteiger partial charge on any atom is -0.467 e. The number of rotatable bonds is 6. The summed E-state index contributed by atoms with van der Waals surface area (Å²) in [7, 11) is 0. The molecular formula is C22H25ClN4O3S. The van der Waals surface area contributed by atoms with E-state index < -0.39 is 0 Å². The maximum Gasteiger partial charge on any atom is 0.228 e. The lowest BCUT2D eigenvalue weighted by Crippen LogP contribution is -2.35. The van der Waals surface area contributed by atoms with E-state index in [9.17, 15) is 0 Å². The average molecular weight is 461 g/mol. The van der Waals surface area contributed by atoms with Gasteiger partial charge in [-0.25, -0.2) is 0 Å². The first-order valence-electron chi connectivity index (χ1n) is 10.5. The normalized spacial score (nSPS) is 16.9. The highest BCUT2D eigenvalue weighted by Gasteiger charge is 2.24. The van der Waals surface area contributed by atoms with Crippen LogP contribution in [-0.2, 0) is 23.6 Å². The van der Waals surface area contributed by atoms with Crippen molar-refractivity contribution in [1.29, 1.82) is 0 Å². The van der Waals surface area contributed by atoms with Crippen LogP contribution in [0.15, 0.2) is 40.1 Å². The maximum atomic E-state index is 6.33. The molecule has 2 aliphatic rings. The Bertz CT molecular complexity index is 1030. The Morgan fingerprint density at radius 2 is 2.10 bits per heavy atom. The van der Waals surface area contributed by atoms with Gasteiger partial charge in [0.2, 0.25) is 5.95 Å². The van der Waals surface area contributed by atoms with E-state index in [1.807, 2.05) is 24.3 Å². The van der Waals surface area contributed by atoms with Gasteiger partial charge in [-0.15, -0.1) is 10.2 Å². The zero-order valence-corrected chi connectivity index (χ0v) is 19.0. The van der Waals surface area contributed by atoms with Crippen LogP contribution < -0.4 is 9.64 Å². The van der Waals surface area contributed by atoms with E-state index in [1.165, 1.54) is 12.8 Å². The van der Waals surface area contributed by atoms with Crippen LogP contribution in [0.1, 0.15) is 36.7 Å². The molecule has 4 heterocycles. The third-order valence-corrected chi connectivity index (χ3v) is 7.00. The molecule has 2 aliphatic heterocycles. The molecule has 164 valence electrons. The van der Waals surface area contributed by atoms with Crippen molar-refractivity contribution in [2.45, 2.75) is 43.8 Å². The van der Waals surface area contributed by atoms with Crippen molar-refractivity contribution < 1.29 is 13.9 Å². The number of piperidine rings is 1. The summed E-state index contributed by atoms with van der Waals surface area (Å²) in [6.45, 7) is 5.68. The molecule has 0 saturated carbocycles. The van der Waals surface area contributed by atoms with Gasteiger partial charge in [0.05, 0.1) is 19.4 Å². The molecule has 0 atom stereocenters. The van der Waals surface area contributed by atoms with Crippen molar-refractivity contribution in [1.82, 2.24) is 14.8 Å². The van der Waals surface area contributed by atoms with Gasteiger partial charge in [-0.1, -0.05) is 30.3 Å². The van der Waals surface area contributed by atoms with E-state index in [0.717, 1.165) is 52.7 Å². The molecule has 2 aromatic heterocycles. The van der Waals surface area contributed by atoms with Gasteiger partial charge in [-0.3, -0.25) is 4.57 Å². The third kappa shape index (κ3) is 4.56. The number of ether oxygens (including phenoxy) is 2. The zero-order chi connectivity index (χ0) is 21.2. The number of nitrogens with zero attached hydrogens (tertiary/aromatic N) is 4. The highest BCUT2D eigenvalue weighted by atomic mass is 35.5. The fourth-order valence-electron chi connectivity index (χ4n) is 4.03. The fraction of sp³-hybridized carbons (Fsp3) is 0.455. The first kappa shape index (κ1) is 20.7. The van der Waals surface area contributed by atoms with E-state index >= 15 is 0 Å². The first-order chi connectivity index (χ1) is 15.2. The summed E-state index contributed by atoms with van der Waals surface area (Å²) in [4.78, 5) is 2.34. The number of halogens is 1. The molecule has 0 N–H and O–H groups in total. The van der Waals surface area contributed by atoms with Crippen molar-refractivity contribution in [3.05, 3.63) is 52.4 Å². The van der Waals surface area contributed by atoms with Gasteiger partial charge in [0, 0.05) is 35.0 Å². The van der Waals surface area contributed by atoms with Crippen LogP contribution in [0.4, 0.5) is 5.95 Å². The van der Waals surface area contributed by atoms with Crippen LogP contribution in [0.5, 0.6) is 5.75 Å². The van der Waals surface area contributed by atoms with E-state index in [2.05, 4.69) is 26.6 Å². The number of benzene rings is 1. The lowest BCUT2D eigenvalue weighted by molar-refractivity contribution is -0.0168. The second-order valence-electron chi connectivity index (χ2n) is 8.07. The summed E-state index contributed by atoms with van der Waals surface area (Å²) in [5, 5.41) is 10.6. The van der Waals surface area contributed by atoms with E-state index in [-0.39, 0.29) is 6.79 Å². The molecule has 0 spiro atoms. The lowest BCUT2D eigenvalue weighted by Gasteiger charge is -2.31. The molecule has 9 heteroatoms. The number of hydrogen-bond acceptors (Lipinski definition) is 7. The molecule has 0 radical (unpaired) electrons. The average Bonchev–Trinajstić information content (AvgIpc) is 3.43. The molecule has 0 amide bonds. The van der Waals surface area contributed by atoms with Crippen LogP contribution in [0.3, 0.4) is 0 Å². The molecule has 0 aliphatic carbocycles. The molecular weight excluding hydrogens is 436 g/mol. The first-order valence-corrected chi connectivity index (χ1v) is 11.9. The second-order valence-corrected chi connectivity index (χ2v) is 9.45. The van der Waals surface area contributed by atoms with Crippen molar-refractivity contribution >= 4 is 29.3 Å². The van der Waals surface area contributed by atoms with Gasteiger partial charge in [0.25, 0.3) is 0 Å². The molecule has 3 aromatic rings. The Kier molecular flexibility index (Phi) is 6.11. The molecule has 0 unspecified atom stereocenters.